The lowest BCUT2D eigenvalue weighted by atomic mass is 9.99. The maximum absolute atomic E-state index is 14.0. The molecule has 0 saturated carbocycles. The number of anilines is 1. The number of amides is 1. The van der Waals surface area contributed by atoms with Gasteiger partial charge in [0.1, 0.15) is 18.1 Å². The van der Waals surface area contributed by atoms with E-state index in [0.29, 0.717) is 36.2 Å². The number of nitrogens with zero attached hydrogens (tertiary/aromatic N) is 1. The highest BCUT2D eigenvalue weighted by molar-refractivity contribution is 6.09. The van der Waals surface area contributed by atoms with Crippen molar-refractivity contribution in [3.8, 4) is 11.5 Å². The Morgan fingerprint density at radius 1 is 0.943 bits per heavy atom. The monoisotopic (exact) mass is 472 g/mol. The van der Waals surface area contributed by atoms with E-state index >= 15 is 0 Å². The van der Waals surface area contributed by atoms with Crippen LogP contribution >= 0.6 is 0 Å². The summed E-state index contributed by atoms with van der Waals surface area (Å²) in [4.78, 5) is 15.8. The van der Waals surface area contributed by atoms with E-state index < -0.39 is 0 Å². The van der Waals surface area contributed by atoms with Crippen molar-refractivity contribution < 1.29 is 14.3 Å². The van der Waals surface area contributed by atoms with Gasteiger partial charge >= 0.3 is 0 Å². The van der Waals surface area contributed by atoms with Gasteiger partial charge in [0.05, 0.1) is 12.2 Å². The van der Waals surface area contributed by atoms with Crippen molar-refractivity contribution in [2.45, 2.75) is 47.3 Å². The molecule has 3 rings (SSSR count). The number of carbonyl (C=O) groups excluding carboxylic acids is 1. The Kier molecular flexibility index (Phi) is 9.07. The average molecular weight is 473 g/mol. The third-order valence-corrected chi connectivity index (χ3v) is 6.03. The molecule has 0 fully saturated rings. The summed E-state index contributed by atoms with van der Waals surface area (Å²) in [6.07, 6.45) is 1.39. The van der Waals surface area contributed by atoms with Crippen LogP contribution in [0.25, 0.3) is 0 Å². The molecule has 1 N–H and O–H groups in total. The highest BCUT2D eigenvalue weighted by Crippen LogP contribution is 2.32. The van der Waals surface area contributed by atoms with Gasteiger partial charge in [-0.2, -0.15) is 0 Å². The van der Waals surface area contributed by atoms with Gasteiger partial charge in [-0.05, 0) is 49.1 Å². The van der Waals surface area contributed by atoms with Crippen LogP contribution in [0, 0.1) is 24.2 Å². The third kappa shape index (κ3) is 6.72. The maximum Gasteiger partial charge on any atom is 0.262 e. The fraction of sp³-hybridized carbons (Fsp3) is 0.333. The van der Waals surface area contributed by atoms with Crippen LogP contribution in [-0.4, -0.2) is 24.8 Å². The van der Waals surface area contributed by atoms with Crippen molar-refractivity contribution in [1.29, 1.82) is 5.41 Å². The van der Waals surface area contributed by atoms with Crippen molar-refractivity contribution >= 4 is 17.8 Å². The molecule has 3 aromatic carbocycles. The first kappa shape index (κ1) is 26.0. The first-order valence-corrected chi connectivity index (χ1v) is 12.1. The molecule has 2 unspecified atom stereocenters. The lowest BCUT2D eigenvalue weighted by molar-refractivity contribution is 0.0970. The molecule has 0 aromatic heterocycles. The fourth-order valence-corrected chi connectivity index (χ4v) is 3.74. The zero-order chi connectivity index (χ0) is 25.4. The number of ether oxygens (including phenoxy) is 2. The van der Waals surface area contributed by atoms with Gasteiger partial charge in [0, 0.05) is 29.9 Å². The highest BCUT2D eigenvalue weighted by Gasteiger charge is 2.29. The van der Waals surface area contributed by atoms with Gasteiger partial charge in [-0.3, -0.25) is 4.79 Å². The minimum absolute atomic E-state index is 0.118. The molecule has 5 nitrogen and oxygen atoms in total. The van der Waals surface area contributed by atoms with E-state index in [1.54, 1.807) is 17.0 Å². The van der Waals surface area contributed by atoms with Crippen LogP contribution in [0.5, 0.6) is 11.5 Å². The topological polar surface area (TPSA) is 62.6 Å². The van der Waals surface area contributed by atoms with E-state index in [2.05, 4.69) is 13.8 Å². The maximum atomic E-state index is 14.0. The summed E-state index contributed by atoms with van der Waals surface area (Å²) in [5.41, 5.74) is 3.37. The molecule has 184 valence electrons. The second-order valence-corrected chi connectivity index (χ2v) is 9.37. The molecule has 2 atom stereocenters. The number of benzene rings is 3. The number of hydrogen-bond acceptors (Lipinski definition) is 4. The van der Waals surface area contributed by atoms with Crippen LogP contribution in [0.1, 0.15) is 49.2 Å². The van der Waals surface area contributed by atoms with Crippen LogP contribution in [0.2, 0.25) is 0 Å². The molecule has 0 bridgehead atoms. The van der Waals surface area contributed by atoms with Gasteiger partial charge < -0.3 is 19.8 Å². The molecule has 0 radical (unpaired) electrons. The Bertz CT molecular complexity index is 1130. The number of nitrogens with one attached hydrogen (secondary N) is 1. The van der Waals surface area contributed by atoms with Crippen LogP contribution < -0.4 is 14.4 Å². The van der Waals surface area contributed by atoms with Crippen LogP contribution in [-0.2, 0) is 6.61 Å². The fourth-order valence-electron chi connectivity index (χ4n) is 3.74. The molecule has 0 saturated heterocycles. The van der Waals surface area contributed by atoms with E-state index in [1.807, 2.05) is 81.4 Å². The van der Waals surface area contributed by atoms with Crippen molar-refractivity contribution in [3.63, 3.8) is 0 Å². The smallest absolute Gasteiger partial charge is 0.262 e. The zero-order valence-corrected chi connectivity index (χ0v) is 21.3. The number of hydrogen-bond donors (Lipinski definition) is 1. The first-order chi connectivity index (χ1) is 16.8. The summed E-state index contributed by atoms with van der Waals surface area (Å²) >= 11 is 0. The van der Waals surface area contributed by atoms with Crippen molar-refractivity contribution in [3.05, 3.63) is 89.5 Å². The van der Waals surface area contributed by atoms with E-state index in [0.717, 1.165) is 16.8 Å². The molecule has 5 heteroatoms. The van der Waals surface area contributed by atoms with Crippen LogP contribution in [0.15, 0.2) is 72.8 Å². The normalized spacial score (nSPS) is 12.6. The summed E-state index contributed by atoms with van der Waals surface area (Å²) in [5, 5.41) is 7.79. The Morgan fingerprint density at radius 2 is 1.63 bits per heavy atom. The molecular formula is C30H36N2O3. The van der Waals surface area contributed by atoms with Gasteiger partial charge in [-0.25, -0.2) is 0 Å². The third-order valence-electron chi connectivity index (χ3n) is 6.03. The summed E-state index contributed by atoms with van der Waals surface area (Å²) in [6.45, 7) is 11.0. The van der Waals surface area contributed by atoms with E-state index in [-0.39, 0.29) is 17.9 Å². The molecule has 0 aliphatic heterocycles. The number of aryl methyl sites for hydroxylation is 1. The standard InChI is InChI=1S/C30H36N2O3/c1-21(2)19-35-29-17-26(34-20-25-12-7-6-8-13-25)15-16-27(29)30(33)32(24(5)23(4)18-31)28-14-10-9-11-22(28)3/h6-18,21,23-24,31H,19-20H2,1-5H3. The Labute approximate surface area is 209 Å². The first-order valence-electron chi connectivity index (χ1n) is 12.1. The van der Waals surface area contributed by atoms with Crippen molar-refractivity contribution in [2.75, 3.05) is 11.5 Å². The largest absolute Gasteiger partial charge is 0.492 e. The average Bonchev–Trinajstić information content (AvgIpc) is 2.87. The van der Waals surface area contributed by atoms with Gasteiger partial charge in [0.25, 0.3) is 5.91 Å². The predicted octanol–water partition coefficient (Wildman–Crippen LogP) is 6.93. The molecule has 0 aliphatic rings. The molecule has 0 spiro atoms. The van der Waals surface area contributed by atoms with E-state index in [9.17, 15) is 4.79 Å². The Morgan fingerprint density at radius 3 is 2.29 bits per heavy atom. The minimum Gasteiger partial charge on any atom is -0.492 e. The summed E-state index contributed by atoms with van der Waals surface area (Å²) in [7, 11) is 0. The Balaban J connectivity index is 1.98. The molecule has 35 heavy (non-hydrogen) atoms. The second-order valence-electron chi connectivity index (χ2n) is 9.37. The highest BCUT2D eigenvalue weighted by atomic mass is 16.5. The zero-order valence-electron chi connectivity index (χ0n) is 21.3. The van der Waals surface area contributed by atoms with Crippen molar-refractivity contribution in [1.82, 2.24) is 0 Å². The SMILES string of the molecule is Cc1ccccc1N(C(=O)c1ccc(OCc2ccccc2)cc1OCC(C)C)C(C)C(C)C=N. The molecule has 0 heterocycles. The van der Waals surface area contributed by atoms with Gasteiger partial charge in [0.2, 0.25) is 0 Å². The number of rotatable bonds is 11. The van der Waals surface area contributed by atoms with Crippen LogP contribution in [0.3, 0.4) is 0 Å². The van der Waals surface area contributed by atoms with E-state index in [1.165, 1.54) is 6.21 Å². The van der Waals surface area contributed by atoms with Gasteiger partial charge in [0.15, 0.2) is 0 Å². The summed E-state index contributed by atoms with van der Waals surface area (Å²) in [6, 6.07) is 23.0. The molecule has 3 aromatic rings. The number of para-hydroxylation sites is 1. The predicted molar refractivity (Wildman–Crippen MR) is 143 cm³/mol. The number of carbonyl (C=O) groups is 1. The summed E-state index contributed by atoms with van der Waals surface area (Å²) < 4.78 is 12.1. The minimum atomic E-state index is -0.215. The quantitative estimate of drug-likeness (QED) is 0.308. The molecule has 0 aliphatic carbocycles. The van der Waals surface area contributed by atoms with Gasteiger partial charge in [-0.1, -0.05) is 69.3 Å². The van der Waals surface area contributed by atoms with Crippen LogP contribution in [0.4, 0.5) is 5.69 Å². The van der Waals surface area contributed by atoms with Gasteiger partial charge in [-0.15, -0.1) is 0 Å². The Hall–Kier alpha value is -3.60. The lowest BCUT2D eigenvalue weighted by Gasteiger charge is -2.33. The lowest BCUT2D eigenvalue weighted by Crippen LogP contribution is -2.43. The molecule has 1 amide bonds. The second kappa shape index (κ2) is 12.2. The summed E-state index contributed by atoms with van der Waals surface area (Å²) in [5.74, 6) is 1.17. The van der Waals surface area contributed by atoms with Crippen molar-refractivity contribution in [2.24, 2.45) is 11.8 Å². The molecular weight excluding hydrogens is 436 g/mol. The van der Waals surface area contributed by atoms with E-state index in [4.69, 9.17) is 14.9 Å².